The molecule has 0 N–H and O–H groups in total. The van der Waals surface area contributed by atoms with Crippen molar-refractivity contribution in [3.63, 3.8) is 0 Å². The van der Waals surface area contributed by atoms with E-state index in [0.29, 0.717) is 0 Å². The quantitative estimate of drug-likeness (QED) is 0.126. The Hall–Kier alpha value is -18.3. The molecular formula is C140H84N2. The third-order valence-corrected chi connectivity index (χ3v) is 32.6. The Balaban J connectivity index is 0.596. The summed E-state index contributed by atoms with van der Waals surface area (Å²) in [6, 6.07) is 195. The SMILES string of the molecule is c1ccc(-c2ccc(N(c3ccc4c5cc(-c6ccc7c8ccc(-c9cc%10c(cc9N(c9ccccc9)c9ccc%11c%12ccccc%12c%12ccccc%12c%11c9)C9(c%11ccccc%11-c%11ccccc%119)c9ccccc9-%10)cc8c8ccccc8c7c6)ccc5c5ccccc5c4c3)c3cc4c(cc3-c3ccc5c6ccccc6c6ccccc6c5c3)-c3ccccc3C43c4ccccc4-c4ccccc43)cc2)cc1. The fraction of sp³-hybridized carbons (Fsp3) is 0.0143. The molecular weight excluding hydrogens is 1710 g/mol. The molecule has 0 amide bonds. The Morgan fingerprint density at radius 2 is 0.310 bits per heavy atom. The fourth-order valence-electron chi connectivity index (χ4n) is 26.6. The van der Waals surface area contributed by atoms with Crippen molar-refractivity contribution in [1.29, 1.82) is 0 Å². The molecule has 0 aliphatic heterocycles. The topological polar surface area (TPSA) is 6.48 Å². The van der Waals surface area contributed by atoms with Gasteiger partial charge in [-0.05, 0) is 349 Å². The summed E-state index contributed by atoms with van der Waals surface area (Å²) in [5, 5.41) is 29.4. The molecule has 654 valence electrons. The molecule has 0 bridgehead atoms. The molecule has 0 heterocycles. The van der Waals surface area contributed by atoms with E-state index >= 15 is 0 Å². The molecule has 2 heteroatoms. The highest BCUT2D eigenvalue weighted by molar-refractivity contribution is 6.31. The minimum atomic E-state index is -0.617. The Bertz CT molecular complexity index is 10000. The number of fused-ring (bicyclic) bond motifs is 44. The van der Waals surface area contributed by atoms with Crippen LogP contribution in [0.3, 0.4) is 0 Å². The number of anilines is 6. The first-order valence-electron chi connectivity index (χ1n) is 49.7. The van der Waals surface area contributed by atoms with Crippen LogP contribution in [0.25, 0.3) is 218 Å². The molecule has 0 atom stereocenters. The van der Waals surface area contributed by atoms with E-state index in [1.807, 2.05) is 0 Å². The number of para-hydroxylation sites is 1. The summed E-state index contributed by atoms with van der Waals surface area (Å²) >= 11 is 0. The van der Waals surface area contributed by atoms with Crippen molar-refractivity contribution < 1.29 is 0 Å². The van der Waals surface area contributed by atoms with E-state index in [1.165, 1.54) is 224 Å². The van der Waals surface area contributed by atoms with Crippen LogP contribution < -0.4 is 9.80 Å². The van der Waals surface area contributed by atoms with Crippen molar-refractivity contribution in [3.05, 3.63) is 554 Å². The van der Waals surface area contributed by atoms with Gasteiger partial charge in [0.15, 0.2) is 0 Å². The molecule has 0 saturated carbocycles. The molecule has 27 aromatic rings. The van der Waals surface area contributed by atoms with Crippen molar-refractivity contribution >= 4 is 163 Å². The Kier molecular flexibility index (Phi) is 16.7. The number of hydrogen-bond donors (Lipinski definition) is 0. The van der Waals surface area contributed by atoms with Crippen molar-refractivity contribution in [1.82, 2.24) is 0 Å². The van der Waals surface area contributed by atoms with Crippen LogP contribution in [0.15, 0.2) is 510 Å². The maximum absolute atomic E-state index is 2.61. The maximum Gasteiger partial charge on any atom is 0.0726 e. The van der Waals surface area contributed by atoms with E-state index in [2.05, 4.69) is 519 Å². The second-order valence-corrected chi connectivity index (χ2v) is 39.3. The fourth-order valence-corrected chi connectivity index (χ4v) is 26.6. The van der Waals surface area contributed by atoms with Crippen LogP contribution in [0.1, 0.15) is 44.5 Å². The summed E-state index contributed by atoms with van der Waals surface area (Å²) in [7, 11) is 0. The lowest BCUT2D eigenvalue weighted by molar-refractivity contribution is 0.794. The van der Waals surface area contributed by atoms with E-state index in [0.717, 1.165) is 73.1 Å². The van der Waals surface area contributed by atoms with Crippen LogP contribution in [0.2, 0.25) is 0 Å². The van der Waals surface area contributed by atoms with E-state index in [9.17, 15) is 0 Å². The van der Waals surface area contributed by atoms with Gasteiger partial charge in [-0.2, -0.15) is 0 Å². The predicted octanol–water partition coefficient (Wildman–Crippen LogP) is 37.8. The maximum atomic E-state index is 2.61. The van der Waals surface area contributed by atoms with Crippen LogP contribution in [0.4, 0.5) is 34.1 Å². The Morgan fingerprint density at radius 1 is 0.106 bits per heavy atom. The average Bonchev–Trinajstić information content (AvgIpc) is 1.51. The van der Waals surface area contributed by atoms with Crippen molar-refractivity contribution in [2.75, 3.05) is 9.80 Å². The first-order chi connectivity index (χ1) is 70.4. The molecule has 0 unspecified atom stereocenters. The summed E-state index contributed by atoms with van der Waals surface area (Å²) in [4.78, 5) is 5.16. The second kappa shape index (κ2) is 30.1. The number of nitrogens with zero attached hydrogens (tertiary/aromatic N) is 2. The largest absolute Gasteiger partial charge is 0.310 e. The molecule has 0 fully saturated rings. The molecule has 142 heavy (non-hydrogen) atoms. The first kappa shape index (κ1) is 78.8. The molecule has 0 radical (unpaired) electrons. The lowest BCUT2D eigenvalue weighted by atomic mass is 9.70. The van der Waals surface area contributed by atoms with Gasteiger partial charge < -0.3 is 9.80 Å². The molecule has 27 aromatic carbocycles. The van der Waals surface area contributed by atoms with Gasteiger partial charge in [0.2, 0.25) is 0 Å². The van der Waals surface area contributed by atoms with Crippen molar-refractivity contribution in [2.45, 2.75) is 10.8 Å². The van der Waals surface area contributed by atoms with Crippen LogP contribution >= 0.6 is 0 Å². The lowest BCUT2D eigenvalue weighted by Crippen LogP contribution is -2.26. The number of rotatable bonds is 10. The highest BCUT2D eigenvalue weighted by Crippen LogP contribution is 2.68. The lowest BCUT2D eigenvalue weighted by Gasteiger charge is -2.33. The summed E-state index contributed by atoms with van der Waals surface area (Å²) in [6.45, 7) is 0. The highest BCUT2D eigenvalue weighted by Gasteiger charge is 2.54. The third-order valence-electron chi connectivity index (χ3n) is 32.6. The third kappa shape index (κ3) is 11.0. The standard InChI is InChI=1S/C140H84N2/c1-3-31-85(32-4-1)86-59-65-92(66-60-86)142(138-84-136-128(118-52-24-30-58-134(118)140(136)131-55-27-21-49-115(131)116-50-22-28-56-132(116)140)82-120(138)89-63-71-108-99-39-9-7-35-95(99)97-37-11-14-42-102(97)123(108)77-89)94-68-74-112-122-76-88(61-69-107(122)101-41-13-16-44-104(101)126(112)80-94)87-62-70-109-110-72-64-90(78-124(110)106-46-18-17-45-105(106)121(109)75-87)119-81-127-117-51-23-29-57-133(117)139(129-53-25-19-47-113(129)114-48-20-26-54-130(114)139)135(127)83-137(119)141(91-33-5-2-6-34-91)93-67-73-111-100-40-10-8-36-96(100)98-38-12-15-43-103(98)125(111)79-93/h1-84H. The van der Waals surface area contributed by atoms with Crippen molar-refractivity contribution in [2.24, 2.45) is 0 Å². The van der Waals surface area contributed by atoms with Crippen LogP contribution in [0, 0.1) is 0 Å². The molecule has 2 nitrogen and oxygen atoms in total. The van der Waals surface area contributed by atoms with Gasteiger partial charge in [-0.25, -0.2) is 0 Å². The highest BCUT2D eigenvalue weighted by atomic mass is 15.2. The van der Waals surface area contributed by atoms with Gasteiger partial charge in [0.25, 0.3) is 0 Å². The second-order valence-electron chi connectivity index (χ2n) is 39.3. The van der Waals surface area contributed by atoms with Gasteiger partial charge in [0.05, 0.1) is 22.2 Å². The van der Waals surface area contributed by atoms with Crippen LogP contribution in [-0.2, 0) is 10.8 Å². The normalized spacial score (nSPS) is 13.2. The summed E-state index contributed by atoms with van der Waals surface area (Å²) < 4.78 is 0. The van der Waals surface area contributed by atoms with E-state index in [1.54, 1.807) is 0 Å². The molecule has 31 rings (SSSR count). The summed E-state index contributed by atoms with van der Waals surface area (Å²) in [6.07, 6.45) is 0. The first-order valence-corrected chi connectivity index (χ1v) is 49.7. The van der Waals surface area contributed by atoms with Gasteiger partial charge in [-0.1, -0.05) is 413 Å². The van der Waals surface area contributed by atoms with Gasteiger partial charge in [0.1, 0.15) is 0 Å². The average molecular weight is 1790 g/mol. The smallest absolute Gasteiger partial charge is 0.0726 e. The van der Waals surface area contributed by atoms with Gasteiger partial charge >= 0.3 is 0 Å². The zero-order chi connectivity index (χ0) is 92.7. The van der Waals surface area contributed by atoms with Crippen LogP contribution in [0.5, 0.6) is 0 Å². The zero-order valence-electron chi connectivity index (χ0n) is 77.4. The van der Waals surface area contributed by atoms with Gasteiger partial charge in [-0.15, -0.1) is 0 Å². The molecule has 4 aliphatic carbocycles. The minimum Gasteiger partial charge on any atom is -0.310 e. The van der Waals surface area contributed by atoms with Crippen LogP contribution in [-0.4, -0.2) is 0 Å². The monoisotopic (exact) mass is 1790 g/mol. The number of benzene rings is 27. The molecule has 0 aromatic heterocycles. The minimum absolute atomic E-state index is 0.591. The summed E-state index contributed by atoms with van der Waals surface area (Å²) in [5.41, 5.74) is 35.1. The number of hydrogen-bond acceptors (Lipinski definition) is 2. The zero-order valence-corrected chi connectivity index (χ0v) is 77.4. The van der Waals surface area contributed by atoms with E-state index < -0.39 is 10.8 Å². The summed E-state index contributed by atoms with van der Waals surface area (Å²) in [5.74, 6) is 0. The van der Waals surface area contributed by atoms with E-state index in [-0.39, 0.29) is 0 Å². The molecule has 0 saturated heterocycles. The Morgan fingerprint density at radius 3 is 0.627 bits per heavy atom. The molecule has 2 spiro atoms. The van der Waals surface area contributed by atoms with Crippen molar-refractivity contribution in [3.8, 4) is 89.0 Å². The van der Waals surface area contributed by atoms with Gasteiger partial charge in [-0.3, -0.25) is 0 Å². The Labute approximate surface area is 821 Å². The van der Waals surface area contributed by atoms with E-state index in [4.69, 9.17) is 0 Å². The van der Waals surface area contributed by atoms with Gasteiger partial charge in [0, 0.05) is 33.9 Å². The predicted molar refractivity (Wildman–Crippen MR) is 600 cm³/mol. The molecule has 4 aliphatic rings.